The summed E-state index contributed by atoms with van der Waals surface area (Å²) >= 11 is 0. The van der Waals surface area contributed by atoms with Crippen molar-refractivity contribution in [3.05, 3.63) is 57.6 Å². The number of phenols is 1. The molecule has 3 rings (SSSR count). The van der Waals surface area contributed by atoms with E-state index in [9.17, 15) is 14.7 Å². The van der Waals surface area contributed by atoms with Crippen molar-refractivity contribution in [3.8, 4) is 11.5 Å². The highest BCUT2D eigenvalue weighted by atomic mass is 16.5. The number of hydrogen-bond donors (Lipinski definition) is 3. The van der Waals surface area contributed by atoms with Gasteiger partial charge in [-0.25, -0.2) is 9.59 Å². The van der Waals surface area contributed by atoms with Crippen LogP contribution in [-0.2, 0) is 6.42 Å². The molecule has 0 radical (unpaired) electrons. The molecule has 2 aromatic rings. The molecule has 0 saturated carbocycles. The number of carbonyl (C=O) groups is 2. The topological polar surface area (TPSA) is 104 Å². The van der Waals surface area contributed by atoms with Gasteiger partial charge in [-0.2, -0.15) is 0 Å². The average Bonchev–Trinajstić information content (AvgIpc) is 2.95. The Morgan fingerprint density at radius 2 is 1.28 bits per heavy atom. The normalized spacial score (nSPS) is 17.3. The second-order valence-electron chi connectivity index (χ2n) is 13.6. The molecule has 0 aromatic heterocycles. The molecule has 2 aromatic carbocycles. The first kappa shape index (κ1) is 36.2. The second-order valence-corrected chi connectivity index (χ2v) is 13.6. The Hall–Kier alpha value is -3.02. The van der Waals surface area contributed by atoms with E-state index in [1.165, 1.54) is 81.2 Å². The summed E-state index contributed by atoms with van der Waals surface area (Å²) in [4.78, 5) is 20.9. The van der Waals surface area contributed by atoms with Gasteiger partial charge < -0.3 is 20.1 Å². The van der Waals surface area contributed by atoms with Gasteiger partial charge in [0.1, 0.15) is 17.1 Å². The second kappa shape index (κ2) is 16.7. The summed E-state index contributed by atoms with van der Waals surface area (Å²) in [6.07, 6.45) is 14.1. The molecule has 0 bridgehead atoms. The van der Waals surface area contributed by atoms with Crippen LogP contribution in [0.3, 0.4) is 0 Å². The minimum atomic E-state index is -1.23. The smallest absolute Gasteiger partial charge is 0.336 e. The Morgan fingerprint density at radius 1 is 0.791 bits per heavy atom. The Labute approximate surface area is 259 Å². The molecular weight excluding hydrogens is 540 g/mol. The Morgan fingerprint density at radius 3 is 1.77 bits per heavy atom. The van der Waals surface area contributed by atoms with Crippen LogP contribution in [0.25, 0.3) is 0 Å². The zero-order valence-electron chi connectivity index (χ0n) is 27.9. The Kier molecular flexibility index (Phi) is 14.1. The van der Waals surface area contributed by atoms with Crippen LogP contribution in [0, 0.1) is 38.5 Å². The van der Waals surface area contributed by atoms with Gasteiger partial charge in [0.15, 0.2) is 0 Å². The van der Waals surface area contributed by atoms with Crippen molar-refractivity contribution < 1.29 is 29.6 Å². The van der Waals surface area contributed by atoms with Gasteiger partial charge in [0.2, 0.25) is 0 Å². The first-order valence-electron chi connectivity index (χ1n) is 16.2. The number of phenolic OH excluding ortho intramolecular Hbond substituents is 1. The zero-order valence-corrected chi connectivity index (χ0v) is 27.9. The fraction of sp³-hybridized carbons (Fsp3) is 0.622. The largest absolute Gasteiger partial charge is 0.507 e. The van der Waals surface area contributed by atoms with Crippen LogP contribution in [0.15, 0.2) is 24.3 Å². The third kappa shape index (κ3) is 10.9. The summed E-state index contributed by atoms with van der Waals surface area (Å²) < 4.78 is 6.60. The molecule has 0 unspecified atom stereocenters. The molecule has 0 fully saturated rings. The lowest BCUT2D eigenvalue weighted by molar-refractivity contribution is 0.0511. The van der Waals surface area contributed by atoms with Gasteiger partial charge in [-0.15, -0.1) is 0 Å². The predicted molar refractivity (Wildman–Crippen MR) is 175 cm³/mol. The van der Waals surface area contributed by atoms with E-state index in [4.69, 9.17) is 14.9 Å². The van der Waals surface area contributed by atoms with Crippen molar-refractivity contribution in [1.29, 1.82) is 0 Å². The van der Waals surface area contributed by atoms with Crippen molar-refractivity contribution in [1.82, 2.24) is 0 Å². The predicted octanol–water partition coefficient (Wildman–Crippen LogP) is 9.92. The molecule has 6 heteroatoms. The number of benzene rings is 2. The van der Waals surface area contributed by atoms with Crippen LogP contribution in [0.1, 0.15) is 142 Å². The molecule has 0 spiro atoms. The van der Waals surface area contributed by atoms with E-state index in [2.05, 4.69) is 41.5 Å². The fourth-order valence-corrected chi connectivity index (χ4v) is 6.13. The summed E-state index contributed by atoms with van der Waals surface area (Å²) in [6, 6.07) is 5.48. The number of hydrogen-bond acceptors (Lipinski definition) is 4. The van der Waals surface area contributed by atoms with Crippen molar-refractivity contribution >= 4 is 11.9 Å². The molecule has 0 amide bonds. The van der Waals surface area contributed by atoms with E-state index in [-0.39, 0.29) is 16.7 Å². The Balaban J connectivity index is 0.000000448. The fourth-order valence-electron chi connectivity index (χ4n) is 6.13. The van der Waals surface area contributed by atoms with Crippen LogP contribution in [0.4, 0.5) is 0 Å². The lowest BCUT2D eigenvalue weighted by Crippen LogP contribution is -2.37. The standard InChI is InChI=1S/C29H50O2.C8H6O4/c1-20(2)12-9-13-21(3)14-10-15-22(4)16-11-18-29(8)19-17-26-25(7)27(30)23(5)24(6)28(26)31-29;9-7(10)5-3-1-2-4-6(5)8(11)12/h20-22,30H,9-19H2,1-8H3;1-4H,(H,9,10)(H,11,12)/t21-,22-,29-;/m1./s1. The van der Waals surface area contributed by atoms with E-state index in [0.29, 0.717) is 5.75 Å². The lowest BCUT2D eigenvalue weighted by Gasteiger charge is -2.38. The zero-order chi connectivity index (χ0) is 32.3. The molecule has 0 saturated heterocycles. The molecule has 3 atom stereocenters. The summed E-state index contributed by atoms with van der Waals surface area (Å²) in [5, 5.41) is 27.5. The van der Waals surface area contributed by atoms with Crippen molar-refractivity contribution in [2.24, 2.45) is 17.8 Å². The minimum Gasteiger partial charge on any atom is -0.507 e. The van der Waals surface area contributed by atoms with Gasteiger partial charge in [0, 0.05) is 5.56 Å². The monoisotopic (exact) mass is 596 g/mol. The van der Waals surface area contributed by atoms with Crippen molar-refractivity contribution in [2.75, 3.05) is 0 Å². The number of fused-ring (bicyclic) bond motifs is 1. The van der Waals surface area contributed by atoms with Gasteiger partial charge in [0.05, 0.1) is 11.1 Å². The maximum Gasteiger partial charge on any atom is 0.336 e. The molecule has 6 nitrogen and oxygen atoms in total. The van der Waals surface area contributed by atoms with Crippen molar-refractivity contribution in [2.45, 2.75) is 132 Å². The van der Waals surface area contributed by atoms with Gasteiger partial charge >= 0.3 is 11.9 Å². The SMILES string of the molecule is Cc1c(C)c2c(c(C)c1O)CC[C@@](C)(CCC[C@H](C)CCC[C@H](C)CCCC(C)C)O2.O=C(O)c1ccccc1C(=O)O. The number of ether oxygens (including phenoxy) is 1. The summed E-state index contributed by atoms with van der Waals surface area (Å²) in [5.41, 5.74) is 3.85. The molecule has 1 aliphatic rings. The highest BCUT2D eigenvalue weighted by Gasteiger charge is 2.34. The Bertz CT molecular complexity index is 1180. The molecule has 3 N–H and O–H groups in total. The highest BCUT2D eigenvalue weighted by Crippen LogP contribution is 2.44. The molecular formula is C37H56O6. The number of aromatic hydroxyl groups is 1. The van der Waals surface area contributed by atoms with Crippen LogP contribution in [-0.4, -0.2) is 32.9 Å². The molecule has 1 heterocycles. The number of carboxylic acid groups (broad SMARTS) is 2. The van der Waals surface area contributed by atoms with E-state index in [1.54, 1.807) is 0 Å². The minimum absolute atomic E-state index is 0.0712. The quantitative estimate of drug-likeness (QED) is 0.200. The maximum absolute atomic E-state index is 10.5. The first-order valence-corrected chi connectivity index (χ1v) is 16.2. The molecule has 43 heavy (non-hydrogen) atoms. The van der Waals surface area contributed by atoms with Gasteiger partial charge in [-0.05, 0) is 100.0 Å². The van der Waals surface area contributed by atoms with Crippen LogP contribution in [0.2, 0.25) is 0 Å². The molecule has 1 aliphatic heterocycles. The van der Waals surface area contributed by atoms with Crippen LogP contribution >= 0.6 is 0 Å². The average molecular weight is 597 g/mol. The van der Waals surface area contributed by atoms with Gasteiger partial charge in [-0.3, -0.25) is 0 Å². The number of rotatable bonds is 14. The highest BCUT2D eigenvalue weighted by molar-refractivity contribution is 6.01. The molecule has 0 aliphatic carbocycles. The van der Waals surface area contributed by atoms with Gasteiger partial charge in [0.25, 0.3) is 0 Å². The van der Waals surface area contributed by atoms with Crippen LogP contribution < -0.4 is 4.74 Å². The molecule has 240 valence electrons. The summed E-state index contributed by atoms with van der Waals surface area (Å²) in [7, 11) is 0. The maximum atomic E-state index is 10.5. The van der Waals surface area contributed by atoms with E-state index >= 15 is 0 Å². The van der Waals surface area contributed by atoms with E-state index < -0.39 is 11.9 Å². The third-order valence-corrected chi connectivity index (χ3v) is 9.26. The number of aromatic carboxylic acids is 2. The lowest BCUT2D eigenvalue weighted by atomic mass is 9.84. The van der Waals surface area contributed by atoms with Crippen LogP contribution in [0.5, 0.6) is 11.5 Å². The number of carboxylic acids is 2. The van der Waals surface area contributed by atoms with E-state index in [1.807, 2.05) is 13.8 Å². The van der Waals surface area contributed by atoms with Crippen molar-refractivity contribution in [3.63, 3.8) is 0 Å². The third-order valence-electron chi connectivity index (χ3n) is 9.26. The summed E-state index contributed by atoms with van der Waals surface area (Å²) in [6.45, 7) is 17.9. The first-order chi connectivity index (χ1) is 20.2. The van der Waals surface area contributed by atoms with E-state index in [0.717, 1.165) is 59.5 Å². The summed E-state index contributed by atoms with van der Waals surface area (Å²) in [5.74, 6) is 1.58. The van der Waals surface area contributed by atoms with Gasteiger partial charge in [-0.1, -0.05) is 84.8 Å².